The zero-order valence-corrected chi connectivity index (χ0v) is 13.4. The third-order valence-corrected chi connectivity index (χ3v) is 4.47. The molecule has 0 N–H and O–H groups in total. The van der Waals surface area contributed by atoms with Crippen LogP contribution in [0.2, 0.25) is 0 Å². The summed E-state index contributed by atoms with van der Waals surface area (Å²) in [4.78, 5) is 19.4. The molecule has 4 heteroatoms. The Bertz CT molecular complexity index is 721. The highest BCUT2D eigenvalue weighted by molar-refractivity contribution is 5.24. The molecule has 0 bridgehead atoms. The van der Waals surface area contributed by atoms with Crippen LogP contribution in [0, 0.1) is 6.92 Å². The summed E-state index contributed by atoms with van der Waals surface area (Å²) in [5, 5.41) is 0. The van der Waals surface area contributed by atoms with E-state index in [2.05, 4.69) is 16.8 Å². The Morgan fingerprint density at radius 1 is 1.14 bits per heavy atom. The van der Waals surface area contributed by atoms with Crippen LogP contribution in [0.25, 0.3) is 0 Å². The van der Waals surface area contributed by atoms with Crippen molar-refractivity contribution in [3.63, 3.8) is 0 Å². The van der Waals surface area contributed by atoms with Gasteiger partial charge < -0.3 is 9.47 Å². The van der Waals surface area contributed by atoms with E-state index in [0.717, 1.165) is 43.9 Å². The molecule has 1 aliphatic heterocycles. The van der Waals surface area contributed by atoms with Crippen molar-refractivity contribution in [3.8, 4) is 0 Å². The lowest BCUT2D eigenvalue weighted by molar-refractivity contribution is 0.302. The first kappa shape index (κ1) is 15.0. The SMILES string of the molecule is CCN1CCc2ccc(=O)n(Cc3cccc(C)n3)c2CC1. The topological polar surface area (TPSA) is 38.1 Å². The first-order valence-electron chi connectivity index (χ1n) is 8.04. The van der Waals surface area contributed by atoms with Crippen molar-refractivity contribution in [1.82, 2.24) is 14.5 Å². The Labute approximate surface area is 131 Å². The van der Waals surface area contributed by atoms with E-state index >= 15 is 0 Å². The van der Waals surface area contributed by atoms with E-state index in [-0.39, 0.29) is 5.56 Å². The van der Waals surface area contributed by atoms with Gasteiger partial charge in [-0.05, 0) is 37.6 Å². The van der Waals surface area contributed by atoms with Gasteiger partial charge in [-0.1, -0.05) is 19.1 Å². The van der Waals surface area contributed by atoms with E-state index in [0.29, 0.717) is 6.54 Å². The number of hydrogen-bond donors (Lipinski definition) is 0. The molecule has 116 valence electrons. The second kappa shape index (κ2) is 6.44. The fourth-order valence-corrected chi connectivity index (χ4v) is 3.18. The molecule has 3 rings (SSSR count). The molecule has 0 unspecified atom stereocenters. The van der Waals surface area contributed by atoms with Crippen molar-refractivity contribution in [2.24, 2.45) is 0 Å². The first-order valence-corrected chi connectivity index (χ1v) is 8.04. The molecule has 1 aliphatic rings. The van der Waals surface area contributed by atoms with E-state index < -0.39 is 0 Å². The average molecular weight is 297 g/mol. The Morgan fingerprint density at radius 3 is 2.73 bits per heavy atom. The van der Waals surface area contributed by atoms with Gasteiger partial charge in [-0.15, -0.1) is 0 Å². The highest BCUT2D eigenvalue weighted by Gasteiger charge is 2.16. The number of aromatic nitrogens is 2. The van der Waals surface area contributed by atoms with Gasteiger partial charge in [0.15, 0.2) is 0 Å². The summed E-state index contributed by atoms with van der Waals surface area (Å²) >= 11 is 0. The molecular formula is C18H23N3O. The lowest BCUT2D eigenvalue weighted by Gasteiger charge is -2.16. The highest BCUT2D eigenvalue weighted by atomic mass is 16.1. The Balaban J connectivity index is 1.96. The van der Waals surface area contributed by atoms with Crippen LogP contribution in [0.3, 0.4) is 0 Å². The number of hydrogen-bond acceptors (Lipinski definition) is 3. The highest BCUT2D eigenvalue weighted by Crippen LogP contribution is 2.15. The van der Waals surface area contributed by atoms with Crippen LogP contribution in [-0.2, 0) is 19.4 Å². The molecule has 0 spiro atoms. The molecule has 4 nitrogen and oxygen atoms in total. The number of rotatable bonds is 3. The summed E-state index contributed by atoms with van der Waals surface area (Å²) in [5.41, 5.74) is 4.51. The smallest absolute Gasteiger partial charge is 0.251 e. The lowest BCUT2D eigenvalue weighted by atomic mass is 10.1. The summed E-state index contributed by atoms with van der Waals surface area (Å²) < 4.78 is 1.91. The molecule has 0 fully saturated rings. The number of aryl methyl sites for hydroxylation is 1. The van der Waals surface area contributed by atoms with E-state index in [4.69, 9.17) is 0 Å². The number of fused-ring (bicyclic) bond motifs is 1. The van der Waals surface area contributed by atoms with Crippen LogP contribution in [0.1, 0.15) is 29.6 Å². The molecule has 3 heterocycles. The van der Waals surface area contributed by atoms with Gasteiger partial charge >= 0.3 is 0 Å². The molecule has 0 saturated heterocycles. The standard InChI is InChI=1S/C18H23N3O/c1-3-20-11-9-15-7-8-18(22)21(17(15)10-12-20)13-16-6-4-5-14(2)19-16/h4-8H,3,9-13H2,1-2H3. The molecule has 2 aromatic rings. The third-order valence-electron chi connectivity index (χ3n) is 4.47. The van der Waals surface area contributed by atoms with E-state index in [1.165, 1.54) is 11.3 Å². The van der Waals surface area contributed by atoms with Crippen molar-refractivity contribution in [1.29, 1.82) is 0 Å². The predicted molar refractivity (Wildman–Crippen MR) is 88.3 cm³/mol. The number of nitrogens with zero attached hydrogens (tertiary/aromatic N) is 3. The zero-order chi connectivity index (χ0) is 15.5. The van der Waals surface area contributed by atoms with Crippen LogP contribution in [0.15, 0.2) is 35.1 Å². The minimum atomic E-state index is 0.0759. The summed E-state index contributed by atoms with van der Waals surface area (Å²) in [6, 6.07) is 9.70. The average Bonchev–Trinajstić information content (AvgIpc) is 2.72. The molecule has 0 atom stereocenters. The minimum Gasteiger partial charge on any atom is -0.306 e. The van der Waals surface area contributed by atoms with Crippen molar-refractivity contribution in [2.45, 2.75) is 33.2 Å². The van der Waals surface area contributed by atoms with Crippen molar-refractivity contribution in [2.75, 3.05) is 19.6 Å². The molecule has 22 heavy (non-hydrogen) atoms. The van der Waals surface area contributed by atoms with Gasteiger partial charge in [0.05, 0.1) is 12.2 Å². The first-order chi connectivity index (χ1) is 10.7. The monoisotopic (exact) mass is 297 g/mol. The molecule has 0 radical (unpaired) electrons. The summed E-state index contributed by atoms with van der Waals surface area (Å²) in [7, 11) is 0. The minimum absolute atomic E-state index is 0.0759. The maximum Gasteiger partial charge on any atom is 0.251 e. The normalized spacial score (nSPS) is 15.4. The Morgan fingerprint density at radius 2 is 1.95 bits per heavy atom. The largest absolute Gasteiger partial charge is 0.306 e. The van der Waals surface area contributed by atoms with Crippen LogP contribution >= 0.6 is 0 Å². The van der Waals surface area contributed by atoms with Gasteiger partial charge in [0.25, 0.3) is 5.56 Å². The van der Waals surface area contributed by atoms with Crippen molar-refractivity contribution < 1.29 is 0 Å². The van der Waals surface area contributed by atoms with Crippen molar-refractivity contribution in [3.05, 3.63) is 63.3 Å². The molecule has 2 aromatic heterocycles. The molecule has 0 saturated carbocycles. The number of pyridine rings is 2. The van der Waals surface area contributed by atoms with Crippen LogP contribution in [-0.4, -0.2) is 34.1 Å². The van der Waals surface area contributed by atoms with Crippen molar-refractivity contribution >= 4 is 0 Å². The predicted octanol–water partition coefficient (Wildman–Crippen LogP) is 2.02. The van der Waals surface area contributed by atoms with Gasteiger partial charge in [0.2, 0.25) is 0 Å². The maximum atomic E-state index is 12.4. The van der Waals surface area contributed by atoms with Gasteiger partial charge in [-0.2, -0.15) is 0 Å². The fraction of sp³-hybridized carbons (Fsp3) is 0.444. The molecular weight excluding hydrogens is 274 g/mol. The van der Waals surface area contributed by atoms with Gasteiger partial charge in [-0.25, -0.2) is 0 Å². The fourth-order valence-electron chi connectivity index (χ4n) is 3.18. The van der Waals surface area contributed by atoms with Gasteiger partial charge in [0.1, 0.15) is 0 Å². The van der Waals surface area contributed by atoms with E-state index in [9.17, 15) is 4.79 Å². The quantitative estimate of drug-likeness (QED) is 0.870. The maximum absolute atomic E-state index is 12.4. The van der Waals surface area contributed by atoms with Crippen LogP contribution < -0.4 is 5.56 Å². The van der Waals surface area contributed by atoms with Gasteiger partial charge in [-0.3, -0.25) is 9.78 Å². The van der Waals surface area contributed by atoms with E-state index in [1.807, 2.05) is 35.8 Å². The van der Waals surface area contributed by atoms with E-state index in [1.54, 1.807) is 6.07 Å². The van der Waals surface area contributed by atoms with Gasteiger partial charge in [0, 0.05) is 37.0 Å². The second-order valence-electron chi connectivity index (χ2n) is 5.93. The van der Waals surface area contributed by atoms with Crippen LogP contribution in [0.5, 0.6) is 0 Å². The third kappa shape index (κ3) is 3.12. The Kier molecular flexibility index (Phi) is 4.39. The summed E-state index contributed by atoms with van der Waals surface area (Å²) in [6.07, 6.45) is 1.95. The zero-order valence-electron chi connectivity index (χ0n) is 13.4. The molecule has 0 aromatic carbocycles. The molecule has 0 aliphatic carbocycles. The Hall–Kier alpha value is -1.94. The second-order valence-corrected chi connectivity index (χ2v) is 5.93. The van der Waals surface area contributed by atoms with Crippen LogP contribution in [0.4, 0.5) is 0 Å². The summed E-state index contributed by atoms with van der Waals surface area (Å²) in [6.45, 7) is 7.91. The lowest BCUT2D eigenvalue weighted by Crippen LogP contribution is -2.27. The summed E-state index contributed by atoms with van der Waals surface area (Å²) in [5.74, 6) is 0. The molecule has 0 amide bonds. The number of likely N-dealkylation sites (N-methyl/N-ethyl adjacent to an activating group) is 1.